The third-order valence-electron chi connectivity index (χ3n) is 6.52. The Morgan fingerprint density at radius 2 is 1.81 bits per heavy atom. The highest BCUT2D eigenvalue weighted by Gasteiger charge is 2.22. The molecule has 1 aliphatic carbocycles. The average molecular weight is 471 g/mol. The predicted octanol–water partition coefficient (Wildman–Crippen LogP) is 4.19. The minimum absolute atomic E-state index is 0.0478. The van der Waals surface area contributed by atoms with Crippen LogP contribution >= 0.6 is 22.9 Å². The van der Waals surface area contributed by atoms with Crippen molar-refractivity contribution in [2.45, 2.75) is 44.9 Å². The second-order valence-corrected chi connectivity index (χ2v) is 10.1. The maximum Gasteiger partial charge on any atom is 0.259 e. The molecule has 8 heteroatoms. The number of H-pyrrole nitrogens is 1. The fourth-order valence-electron chi connectivity index (χ4n) is 4.75. The normalized spacial score (nSPS) is 16.8. The maximum absolute atomic E-state index is 12.8. The first kappa shape index (κ1) is 21.5. The van der Waals surface area contributed by atoms with Crippen LogP contribution in [0.3, 0.4) is 0 Å². The number of hydrogen-bond donors (Lipinski definition) is 1. The second kappa shape index (κ2) is 9.24. The molecule has 1 amide bonds. The number of nitrogens with one attached hydrogen (secondary N) is 1. The first-order valence-corrected chi connectivity index (χ1v) is 12.6. The van der Waals surface area contributed by atoms with Gasteiger partial charge in [-0.2, -0.15) is 0 Å². The van der Waals surface area contributed by atoms with Gasteiger partial charge in [0.1, 0.15) is 10.7 Å². The van der Waals surface area contributed by atoms with Crippen LogP contribution in [0.2, 0.25) is 5.02 Å². The van der Waals surface area contributed by atoms with Crippen LogP contribution in [0.4, 0.5) is 5.69 Å². The molecular formula is C24H27ClN4O2S. The number of thiophene rings is 1. The van der Waals surface area contributed by atoms with Crippen molar-refractivity contribution in [2.75, 3.05) is 31.1 Å². The van der Waals surface area contributed by atoms with Crippen LogP contribution in [-0.2, 0) is 24.1 Å². The lowest BCUT2D eigenvalue weighted by molar-refractivity contribution is -0.131. The highest BCUT2D eigenvalue weighted by Crippen LogP contribution is 2.32. The SMILES string of the molecule is O=C(CCc1nc2sc3c(c2c(=O)[nH]1)CCCCC3)N1CCN(c2ccc(Cl)cc2)CC1. The number of rotatable bonds is 4. The average Bonchev–Trinajstić information content (AvgIpc) is 3.00. The maximum atomic E-state index is 12.8. The molecule has 2 aliphatic rings. The number of piperazine rings is 1. The Balaban J connectivity index is 1.21. The monoisotopic (exact) mass is 470 g/mol. The van der Waals surface area contributed by atoms with E-state index in [1.165, 1.54) is 23.3 Å². The lowest BCUT2D eigenvalue weighted by Crippen LogP contribution is -2.48. The highest BCUT2D eigenvalue weighted by molar-refractivity contribution is 7.18. The molecule has 3 heterocycles. The zero-order chi connectivity index (χ0) is 22.1. The van der Waals surface area contributed by atoms with Gasteiger partial charge in [-0.05, 0) is 55.5 Å². The van der Waals surface area contributed by atoms with Gasteiger partial charge in [0.25, 0.3) is 5.56 Å². The smallest absolute Gasteiger partial charge is 0.259 e. The van der Waals surface area contributed by atoms with Gasteiger partial charge < -0.3 is 14.8 Å². The van der Waals surface area contributed by atoms with Crippen molar-refractivity contribution >= 4 is 44.7 Å². The molecule has 3 aromatic rings. The summed E-state index contributed by atoms with van der Waals surface area (Å²) in [5, 5.41) is 1.51. The molecule has 1 N–H and O–H groups in total. The summed E-state index contributed by atoms with van der Waals surface area (Å²) in [7, 11) is 0. The molecule has 1 fully saturated rings. The number of anilines is 1. The Morgan fingerprint density at radius 1 is 1.06 bits per heavy atom. The van der Waals surface area contributed by atoms with Gasteiger partial charge in [0.15, 0.2) is 0 Å². The minimum atomic E-state index is -0.0478. The number of nitrogens with zero attached hydrogens (tertiary/aromatic N) is 3. The Hall–Kier alpha value is -2.38. The van der Waals surface area contributed by atoms with Crippen molar-refractivity contribution < 1.29 is 4.79 Å². The van der Waals surface area contributed by atoms with Crippen molar-refractivity contribution in [3.05, 3.63) is 55.9 Å². The zero-order valence-corrected chi connectivity index (χ0v) is 19.6. The van der Waals surface area contributed by atoms with Crippen molar-refractivity contribution in [3.8, 4) is 0 Å². The zero-order valence-electron chi connectivity index (χ0n) is 18.0. The van der Waals surface area contributed by atoms with Crippen LogP contribution in [0.5, 0.6) is 0 Å². The molecule has 5 rings (SSSR count). The molecule has 0 spiro atoms. The number of hydrogen-bond acceptors (Lipinski definition) is 5. The van der Waals surface area contributed by atoms with Crippen molar-refractivity contribution in [1.29, 1.82) is 0 Å². The van der Waals surface area contributed by atoms with Crippen LogP contribution in [0, 0.1) is 0 Å². The number of aryl methyl sites for hydroxylation is 3. The summed E-state index contributed by atoms with van der Waals surface area (Å²) in [6.07, 6.45) is 6.39. The van der Waals surface area contributed by atoms with Gasteiger partial charge in [-0.3, -0.25) is 9.59 Å². The summed E-state index contributed by atoms with van der Waals surface area (Å²) in [6, 6.07) is 7.82. The van der Waals surface area contributed by atoms with Crippen LogP contribution in [-0.4, -0.2) is 47.0 Å². The topological polar surface area (TPSA) is 69.3 Å². The molecule has 1 saturated heterocycles. The summed E-state index contributed by atoms with van der Waals surface area (Å²) in [5.41, 5.74) is 2.29. The molecule has 2 aromatic heterocycles. The first-order chi connectivity index (χ1) is 15.6. The van der Waals surface area contributed by atoms with E-state index in [-0.39, 0.29) is 11.5 Å². The van der Waals surface area contributed by atoms with Gasteiger partial charge in [-0.25, -0.2) is 4.98 Å². The van der Waals surface area contributed by atoms with Crippen LogP contribution in [0.1, 0.15) is 41.9 Å². The third kappa shape index (κ3) is 4.41. The quantitative estimate of drug-likeness (QED) is 0.580. The Kier molecular flexibility index (Phi) is 6.20. The Morgan fingerprint density at radius 3 is 2.59 bits per heavy atom. The number of amides is 1. The fourth-order valence-corrected chi connectivity index (χ4v) is 6.16. The molecule has 32 heavy (non-hydrogen) atoms. The third-order valence-corrected chi connectivity index (χ3v) is 7.96. The molecule has 1 aromatic carbocycles. The van der Waals surface area contributed by atoms with E-state index in [9.17, 15) is 9.59 Å². The van der Waals surface area contributed by atoms with Crippen molar-refractivity contribution in [2.24, 2.45) is 0 Å². The molecule has 1 aliphatic heterocycles. The molecule has 0 bridgehead atoms. The van der Waals surface area contributed by atoms with Crippen LogP contribution < -0.4 is 10.5 Å². The van der Waals surface area contributed by atoms with Crippen LogP contribution in [0.25, 0.3) is 10.2 Å². The fraction of sp³-hybridized carbons (Fsp3) is 0.458. The first-order valence-electron chi connectivity index (χ1n) is 11.4. The van der Waals surface area contributed by atoms with Gasteiger partial charge >= 0.3 is 0 Å². The van der Waals surface area contributed by atoms with E-state index >= 15 is 0 Å². The second-order valence-electron chi connectivity index (χ2n) is 8.60. The van der Waals surface area contributed by atoms with Gasteiger partial charge in [-0.1, -0.05) is 18.0 Å². The molecule has 0 unspecified atom stereocenters. The van der Waals surface area contributed by atoms with E-state index in [2.05, 4.69) is 9.88 Å². The van der Waals surface area contributed by atoms with E-state index in [4.69, 9.17) is 16.6 Å². The summed E-state index contributed by atoms with van der Waals surface area (Å²) >= 11 is 7.64. The van der Waals surface area contributed by atoms with Gasteiger partial charge in [0.2, 0.25) is 5.91 Å². The lowest BCUT2D eigenvalue weighted by atomic mass is 10.1. The number of aromatic nitrogens is 2. The number of carbonyl (C=O) groups excluding carboxylic acids is 1. The molecule has 0 radical (unpaired) electrons. The molecule has 0 saturated carbocycles. The predicted molar refractivity (Wildman–Crippen MR) is 130 cm³/mol. The number of fused-ring (bicyclic) bond motifs is 3. The van der Waals surface area contributed by atoms with E-state index in [0.29, 0.717) is 31.8 Å². The summed E-state index contributed by atoms with van der Waals surface area (Å²) in [5.74, 6) is 0.734. The van der Waals surface area contributed by atoms with Crippen LogP contribution in [0.15, 0.2) is 29.1 Å². The van der Waals surface area contributed by atoms with Gasteiger partial charge in [0, 0.05) is 54.6 Å². The Bertz CT molecular complexity index is 1180. The summed E-state index contributed by atoms with van der Waals surface area (Å²) in [4.78, 5) is 39.6. The largest absolute Gasteiger partial charge is 0.368 e. The number of benzene rings is 1. The number of carbonyl (C=O) groups is 1. The van der Waals surface area contributed by atoms with E-state index in [1.54, 1.807) is 11.3 Å². The van der Waals surface area contributed by atoms with Crippen molar-refractivity contribution in [3.63, 3.8) is 0 Å². The summed E-state index contributed by atoms with van der Waals surface area (Å²) < 4.78 is 0. The van der Waals surface area contributed by atoms with E-state index in [1.807, 2.05) is 29.2 Å². The molecular weight excluding hydrogens is 444 g/mol. The minimum Gasteiger partial charge on any atom is -0.368 e. The lowest BCUT2D eigenvalue weighted by Gasteiger charge is -2.36. The van der Waals surface area contributed by atoms with Gasteiger partial charge in [0.05, 0.1) is 5.39 Å². The molecule has 6 nitrogen and oxygen atoms in total. The molecule has 168 valence electrons. The Labute approximate surface area is 196 Å². The van der Waals surface area contributed by atoms with E-state index < -0.39 is 0 Å². The summed E-state index contributed by atoms with van der Waals surface area (Å²) in [6.45, 7) is 2.99. The molecule has 0 atom stereocenters. The van der Waals surface area contributed by atoms with Crippen molar-refractivity contribution in [1.82, 2.24) is 14.9 Å². The van der Waals surface area contributed by atoms with E-state index in [0.717, 1.165) is 53.3 Å². The number of aromatic amines is 1. The number of halogens is 1. The standard InChI is InChI=1S/C24H27ClN4O2S/c25-16-6-8-17(9-7-16)28-12-14-29(15-13-28)21(30)11-10-20-26-23(31)22-18-4-2-1-3-5-19(18)32-24(22)27-20/h6-9H,1-5,10-15H2,(H,26,27,31). The van der Waals surface area contributed by atoms with Gasteiger partial charge in [-0.15, -0.1) is 11.3 Å². The highest BCUT2D eigenvalue weighted by atomic mass is 35.5.